The van der Waals surface area contributed by atoms with Crippen LogP contribution in [0.1, 0.15) is 73.1 Å². The predicted octanol–water partition coefficient (Wildman–Crippen LogP) is 2.72. The third-order valence-corrected chi connectivity index (χ3v) is 10.6. The highest BCUT2D eigenvalue weighted by atomic mass is 16.6. The molecule has 2 aliphatic carbocycles. The SMILES string of the molecule is CC1=C/C(=C/[C@@H](C)[C@@H]2C[C@](C)([C@H]3C[C@]4(O)C[C@]56OC(=O)C[C@H]5OC(C)(C)[C@@H]6CC[C@@H]4[C@H]3O)C(=O)O2)OC1=O. The Morgan fingerprint density at radius 2 is 1.84 bits per heavy atom. The highest BCUT2D eigenvalue weighted by molar-refractivity contribution is 5.92. The van der Waals surface area contributed by atoms with E-state index >= 15 is 0 Å². The van der Waals surface area contributed by atoms with Crippen molar-refractivity contribution in [3.8, 4) is 0 Å². The number of rotatable bonds is 3. The summed E-state index contributed by atoms with van der Waals surface area (Å²) in [4.78, 5) is 37.4. The van der Waals surface area contributed by atoms with Crippen LogP contribution in [-0.4, -0.2) is 63.2 Å². The summed E-state index contributed by atoms with van der Waals surface area (Å²) < 4.78 is 23.4. The van der Waals surface area contributed by atoms with Gasteiger partial charge in [-0.1, -0.05) is 6.92 Å². The Morgan fingerprint density at radius 1 is 1.11 bits per heavy atom. The first-order valence-corrected chi connectivity index (χ1v) is 13.8. The first kappa shape index (κ1) is 26.0. The normalized spacial score (nSPS) is 49.1. The zero-order valence-corrected chi connectivity index (χ0v) is 22.7. The van der Waals surface area contributed by atoms with Gasteiger partial charge < -0.3 is 29.2 Å². The minimum absolute atomic E-state index is 0.0839. The summed E-state index contributed by atoms with van der Waals surface area (Å²) in [7, 11) is 0. The van der Waals surface area contributed by atoms with Crippen molar-refractivity contribution in [2.75, 3.05) is 0 Å². The summed E-state index contributed by atoms with van der Waals surface area (Å²) in [5, 5.41) is 23.8. The lowest BCUT2D eigenvalue weighted by Crippen LogP contribution is -2.50. The Labute approximate surface area is 222 Å². The lowest BCUT2D eigenvalue weighted by atomic mass is 9.69. The average Bonchev–Trinajstić information content (AvgIpc) is 3.48. The second-order valence-electron chi connectivity index (χ2n) is 13.4. The van der Waals surface area contributed by atoms with E-state index in [1.54, 1.807) is 19.1 Å². The van der Waals surface area contributed by atoms with E-state index in [0.29, 0.717) is 30.6 Å². The number of hydrogen-bond acceptors (Lipinski definition) is 9. The van der Waals surface area contributed by atoms with Crippen molar-refractivity contribution < 1.29 is 43.5 Å². The van der Waals surface area contributed by atoms with E-state index in [9.17, 15) is 24.6 Å². The second-order valence-corrected chi connectivity index (χ2v) is 13.4. The highest BCUT2D eigenvalue weighted by Gasteiger charge is 2.72. The summed E-state index contributed by atoms with van der Waals surface area (Å²) in [5.74, 6) is -1.91. The molecule has 0 unspecified atom stereocenters. The number of hydrogen-bond donors (Lipinski definition) is 2. The van der Waals surface area contributed by atoms with Gasteiger partial charge in [0.05, 0.1) is 29.1 Å². The molecule has 9 nitrogen and oxygen atoms in total. The van der Waals surface area contributed by atoms with Crippen LogP contribution in [0.4, 0.5) is 0 Å². The fourth-order valence-electron chi connectivity index (χ4n) is 8.65. The summed E-state index contributed by atoms with van der Waals surface area (Å²) in [6.07, 6.45) is 3.81. The third kappa shape index (κ3) is 3.57. The molecule has 0 aromatic rings. The predicted molar refractivity (Wildman–Crippen MR) is 132 cm³/mol. The zero-order valence-electron chi connectivity index (χ0n) is 22.7. The van der Waals surface area contributed by atoms with E-state index in [1.807, 2.05) is 27.7 Å². The van der Waals surface area contributed by atoms with Gasteiger partial charge in [0.1, 0.15) is 23.6 Å². The van der Waals surface area contributed by atoms with Gasteiger partial charge in [-0.25, -0.2) is 4.79 Å². The minimum atomic E-state index is -1.30. The van der Waals surface area contributed by atoms with Crippen LogP contribution in [0.25, 0.3) is 0 Å². The van der Waals surface area contributed by atoms with E-state index in [1.165, 1.54) is 0 Å². The molecule has 4 heterocycles. The lowest BCUT2D eigenvalue weighted by molar-refractivity contribution is -0.160. The number of esters is 3. The maximum atomic E-state index is 13.3. The molecule has 1 spiro atoms. The number of allylic oxidation sites excluding steroid dienone is 1. The van der Waals surface area contributed by atoms with Crippen molar-refractivity contribution in [2.45, 2.75) is 108 Å². The standard InChI is InChI=1S/C29H38O9/c1-14(8-16-9-15(2)24(32)35-16)19-12-27(5,25(33)36-19)18-11-28(34)13-29-20(7-6-17(28)23(18)31)26(3,4)37-21(29)10-22(30)38-29/h8-9,14,17-21,23,31,34H,6-7,10-13H2,1-5H3/b16-8-/t14-,17-,18+,19+,20+,21-,23-,27-,28+,29-/m1/s1. The molecule has 0 aromatic heterocycles. The van der Waals surface area contributed by atoms with Crippen molar-refractivity contribution in [3.63, 3.8) is 0 Å². The number of aliphatic hydroxyl groups excluding tert-OH is 1. The fraction of sp³-hybridized carbons (Fsp3) is 0.759. The van der Waals surface area contributed by atoms with Gasteiger partial charge in [0.15, 0.2) is 0 Å². The number of carbonyl (C=O) groups is 3. The van der Waals surface area contributed by atoms with Crippen molar-refractivity contribution >= 4 is 17.9 Å². The van der Waals surface area contributed by atoms with Crippen molar-refractivity contribution in [1.29, 1.82) is 0 Å². The molecule has 6 aliphatic rings. The van der Waals surface area contributed by atoms with Gasteiger partial charge in [0.2, 0.25) is 0 Å². The number of cyclic esters (lactones) is 2. The Bertz CT molecular complexity index is 1150. The largest absolute Gasteiger partial charge is 0.461 e. The number of aliphatic hydroxyl groups is 2. The number of fused-ring (bicyclic) bond motifs is 1. The van der Waals surface area contributed by atoms with E-state index in [0.717, 1.165) is 0 Å². The molecule has 0 radical (unpaired) electrons. The van der Waals surface area contributed by atoms with Gasteiger partial charge in [0, 0.05) is 42.1 Å². The van der Waals surface area contributed by atoms with E-state index in [2.05, 4.69) is 0 Å². The van der Waals surface area contributed by atoms with Crippen LogP contribution in [0.3, 0.4) is 0 Å². The van der Waals surface area contributed by atoms with Gasteiger partial charge in [0.25, 0.3) is 0 Å². The Hall–Kier alpha value is -2.23. The fourth-order valence-corrected chi connectivity index (χ4v) is 8.65. The molecule has 9 heteroatoms. The molecule has 208 valence electrons. The molecule has 38 heavy (non-hydrogen) atoms. The Balaban J connectivity index is 1.25. The molecular formula is C29H38O9. The highest BCUT2D eigenvalue weighted by Crippen LogP contribution is 2.63. The molecule has 2 saturated carbocycles. The maximum Gasteiger partial charge on any atom is 0.339 e. The molecule has 2 N–H and O–H groups in total. The molecule has 5 fully saturated rings. The summed E-state index contributed by atoms with van der Waals surface area (Å²) in [6, 6.07) is 0. The Morgan fingerprint density at radius 3 is 2.53 bits per heavy atom. The smallest absolute Gasteiger partial charge is 0.339 e. The van der Waals surface area contributed by atoms with Crippen molar-refractivity contribution in [1.82, 2.24) is 0 Å². The summed E-state index contributed by atoms with van der Waals surface area (Å²) in [5.41, 5.74) is -3.22. The van der Waals surface area contributed by atoms with Crippen molar-refractivity contribution in [3.05, 3.63) is 23.5 Å². The minimum Gasteiger partial charge on any atom is -0.461 e. The third-order valence-electron chi connectivity index (χ3n) is 10.6. The first-order valence-electron chi connectivity index (χ1n) is 13.8. The number of ether oxygens (including phenoxy) is 4. The van der Waals surface area contributed by atoms with Gasteiger partial charge >= 0.3 is 17.9 Å². The first-order chi connectivity index (χ1) is 17.7. The lowest BCUT2D eigenvalue weighted by Gasteiger charge is -2.39. The quantitative estimate of drug-likeness (QED) is 0.418. The topological polar surface area (TPSA) is 129 Å². The van der Waals surface area contributed by atoms with E-state index in [4.69, 9.17) is 18.9 Å². The maximum absolute atomic E-state index is 13.3. The van der Waals surface area contributed by atoms with Crippen LogP contribution in [0, 0.1) is 29.1 Å². The second kappa shape index (κ2) is 8.15. The molecule has 10 atom stereocenters. The summed E-state index contributed by atoms with van der Waals surface area (Å²) >= 11 is 0. The van der Waals surface area contributed by atoms with Gasteiger partial charge in [-0.3, -0.25) is 9.59 Å². The van der Waals surface area contributed by atoms with Gasteiger partial charge in [-0.05, 0) is 59.1 Å². The number of carbonyl (C=O) groups excluding carboxylic acids is 3. The van der Waals surface area contributed by atoms with E-state index < -0.39 is 58.3 Å². The van der Waals surface area contributed by atoms with Crippen LogP contribution in [0.5, 0.6) is 0 Å². The molecule has 3 saturated heterocycles. The van der Waals surface area contributed by atoms with Crippen LogP contribution in [0.2, 0.25) is 0 Å². The van der Waals surface area contributed by atoms with Crippen LogP contribution in [-0.2, 0) is 33.3 Å². The van der Waals surface area contributed by atoms with Crippen LogP contribution < -0.4 is 0 Å². The average molecular weight is 531 g/mol. The molecule has 4 aliphatic heterocycles. The molecule has 0 aromatic carbocycles. The van der Waals surface area contributed by atoms with Gasteiger partial charge in [-0.2, -0.15) is 0 Å². The summed E-state index contributed by atoms with van der Waals surface area (Å²) in [6.45, 7) is 9.42. The monoisotopic (exact) mass is 530 g/mol. The molecule has 0 amide bonds. The van der Waals surface area contributed by atoms with Gasteiger partial charge in [-0.15, -0.1) is 0 Å². The molecular weight excluding hydrogens is 492 g/mol. The zero-order chi connectivity index (χ0) is 27.4. The Kier molecular flexibility index (Phi) is 5.58. The van der Waals surface area contributed by atoms with E-state index in [-0.39, 0.29) is 43.0 Å². The molecule has 0 bridgehead atoms. The van der Waals surface area contributed by atoms with Crippen LogP contribution in [0.15, 0.2) is 23.5 Å². The molecule has 6 rings (SSSR count). The van der Waals surface area contributed by atoms with Crippen molar-refractivity contribution in [2.24, 2.45) is 29.1 Å². The van der Waals surface area contributed by atoms with Crippen LogP contribution >= 0.6 is 0 Å².